The summed E-state index contributed by atoms with van der Waals surface area (Å²) in [5.41, 5.74) is 14.8. The van der Waals surface area contributed by atoms with Gasteiger partial charge in [0.25, 0.3) is 0 Å². The molecule has 11 aromatic rings. The highest BCUT2D eigenvalue weighted by Crippen LogP contribution is 2.41. The molecular weight excluding hydrogens is 683 g/mol. The van der Waals surface area contributed by atoms with Gasteiger partial charge < -0.3 is 9.13 Å². The van der Waals surface area contributed by atoms with E-state index < -0.39 is 0 Å². The summed E-state index contributed by atoms with van der Waals surface area (Å²) in [5.74, 6) is 0.614. The van der Waals surface area contributed by atoms with Crippen molar-refractivity contribution in [3.63, 3.8) is 0 Å². The van der Waals surface area contributed by atoms with Gasteiger partial charge in [-0.2, -0.15) is 0 Å². The monoisotopic (exact) mass is 717 g/mol. The van der Waals surface area contributed by atoms with E-state index in [-0.39, 0.29) is 0 Å². The van der Waals surface area contributed by atoms with Crippen LogP contribution < -0.4 is 0 Å². The molecule has 0 fully saturated rings. The Bertz CT molecular complexity index is 3330. The third kappa shape index (κ3) is 4.74. The summed E-state index contributed by atoms with van der Waals surface area (Å²) in [5, 5.41) is 4.57. The Morgan fingerprint density at radius 3 is 1.79 bits per heavy atom. The van der Waals surface area contributed by atoms with Crippen molar-refractivity contribution in [2.24, 2.45) is 0 Å². The van der Waals surface area contributed by atoms with Gasteiger partial charge >= 0.3 is 0 Å². The largest absolute Gasteiger partial charge is 0.309 e. The third-order valence-corrected chi connectivity index (χ3v) is 11.2. The fourth-order valence-electron chi connectivity index (χ4n) is 8.71. The van der Waals surface area contributed by atoms with Crippen LogP contribution in [0.2, 0.25) is 0 Å². The van der Waals surface area contributed by atoms with Crippen molar-refractivity contribution in [2.45, 2.75) is 6.92 Å². The van der Waals surface area contributed by atoms with Crippen LogP contribution in [0.3, 0.4) is 0 Å². The second kappa shape index (κ2) is 12.5. The van der Waals surface area contributed by atoms with Crippen LogP contribution in [0.1, 0.15) is 11.3 Å². The van der Waals surface area contributed by atoms with Crippen molar-refractivity contribution in [2.75, 3.05) is 0 Å². The Morgan fingerprint density at radius 1 is 0.446 bits per heavy atom. The van der Waals surface area contributed by atoms with Crippen LogP contribution in [0.15, 0.2) is 183 Å². The van der Waals surface area contributed by atoms with Gasteiger partial charge in [0.15, 0.2) is 0 Å². The maximum absolute atomic E-state index is 5.57. The average Bonchev–Trinajstić information content (AvgIpc) is 3.88. The highest BCUT2D eigenvalue weighted by Gasteiger charge is 2.24. The number of benzene rings is 7. The molecule has 4 aromatic heterocycles. The molecule has 0 unspecified atom stereocenters. The van der Waals surface area contributed by atoms with Gasteiger partial charge in [-0.15, -0.1) is 0 Å². The molecule has 0 atom stereocenters. The predicted molar refractivity (Wildman–Crippen MR) is 233 cm³/mol. The van der Waals surface area contributed by atoms with Crippen molar-refractivity contribution in [3.05, 3.63) is 194 Å². The zero-order chi connectivity index (χ0) is 37.3. The lowest BCUT2D eigenvalue weighted by atomic mass is 10.0. The van der Waals surface area contributed by atoms with Gasteiger partial charge in [-0.3, -0.25) is 4.57 Å². The van der Waals surface area contributed by atoms with E-state index in [9.17, 15) is 0 Å². The molecule has 5 heteroatoms. The molecule has 5 nitrogen and oxygen atoms in total. The molecule has 0 spiro atoms. The Balaban J connectivity index is 1.23. The smallest absolute Gasteiger partial charge is 0.235 e. The molecule has 0 saturated carbocycles. The Hall–Kier alpha value is -7.50. The lowest BCUT2D eigenvalue weighted by Crippen LogP contribution is -2.06. The molecule has 0 amide bonds. The number of rotatable bonds is 6. The first-order chi connectivity index (χ1) is 27.7. The van der Waals surface area contributed by atoms with Crippen LogP contribution in [0.5, 0.6) is 0 Å². The van der Waals surface area contributed by atoms with Gasteiger partial charge in [0.05, 0.1) is 33.3 Å². The van der Waals surface area contributed by atoms with Gasteiger partial charge in [0, 0.05) is 38.5 Å². The average molecular weight is 718 g/mol. The third-order valence-electron chi connectivity index (χ3n) is 11.2. The minimum absolute atomic E-state index is 0.614. The summed E-state index contributed by atoms with van der Waals surface area (Å²) < 4.78 is 6.87. The van der Waals surface area contributed by atoms with E-state index in [1.54, 1.807) is 0 Å². The molecule has 0 radical (unpaired) electrons. The molecule has 4 heterocycles. The van der Waals surface area contributed by atoms with Crippen LogP contribution in [0.4, 0.5) is 0 Å². The number of aromatic nitrogens is 5. The van der Waals surface area contributed by atoms with Crippen LogP contribution in [-0.4, -0.2) is 23.7 Å². The number of nitrogens with zero attached hydrogens (tertiary/aromatic N) is 5. The minimum Gasteiger partial charge on any atom is -0.309 e. The number of aryl methyl sites for hydroxylation is 1. The number of para-hydroxylation sites is 4. The van der Waals surface area contributed by atoms with E-state index in [1.165, 1.54) is 16.5 Å². The molecule has 11 rings (SSSR count). The van der Waals surface area contributed by atoms with E-state index in [1.807, 2.05) is 6.08 Å². The topological polar surface area (TPSA) is 40.6 Å². The molecule has 0 bridgehead atoms. The molecule has 264 valence electrons. The standard InChI is InChI=1S/C51H35N5/c1-3-43-33(2)39-23-10-13-26-44(39)56(43)51-52-48(50-49(53-51)41-25-12-15-28-46(41)55(50)37-20-8-5-9-21-37)36-29-30-47-42(32-36)40-24-11-14-27-45(40)54(47)38-22-16-19-35(31-38)34-17-6-4-7-18-34/h3-32H,1H2,2H3. The fraction of sp³-hybridized carbons (Fsp3) is 0.0196. The highest BCUT2D eigenvalue weighted by atomic mass is 15.2. The maximum atomic E-state index is 5.57. The normalized spacial score (nSPS) is 11.7. The number of fused-ring (bicyclic) bond motifs is 7. The van der Waals surface area contributed by atoms with E-state index in [0.717, 1.165) is 83.1 Å². The Kier molecular flexibility index (Phi) is 7.16. The molecule has 0 aliphatic carbocycles. The van der Waals surface area contributed by atoms with E-state index >= 15 is 0 Å². The van der Waals surface area contributed by atoms with Gasteiger partial charge in [-0.1, -0.05) is 128 Å². The predicted octanol–water partition coefficient (Wildman–Crippen LogP) is 12.9. The Morgan fingerprint density at radius 2 is 1.04 bits per heavy atom. The summed E-state index contributed by atoms with van der Waals surface area (Å²) in [7, 11) is 0. The van der Waals surface area contributed by atoms with Crippen molar-refractivity contribution in [1.82, 2.24) is 23.7 Å². The second-order valence-corrected chi connectivity index (χ2v) is 14.3. The first-order valence-electron chi connectivity index (χ1n) is 19.0. The fourth-order valence-corrected chi connectivity index (χ4v) is 8.71. The molecule has 0 aliphatic heterocycles. The summed E-state index contributed by atoms with van der Waals surface area (Å²) in [6, 6.07) is 62.4. The quantitative estimate of drug-likeness (QED) is 0.172. The van der Waals surface area contributed by atoms with Crippen molar-refractivity contribution < 1.29 is 0 Å². The number of hydrogen-bond donors (Lipinski definition) is 0. The summed E-state index contributed by atoms with van der Waals surface area (Å²) >= 11 is 0. The van der Waals surface area contributed by atoms with Gasteiger partial charge in [0.2, 0.25) is 5.95 Å². The lowest BCUT2D eigenvalue weighted by Gasteiger charge is -2.14. The molecular formula is C51H35N5. The van der Waals surface area contributed by atoms with Crippen molar-refractivity contribution >= 4 is 60.7 Å². The molecule has 0 aliphatic rings. The number of hydrogen-bond acceptors (Lipinski definition) is 2. The van der Waals surface area contributed by atoms with E-state index in [2.05, 4.69) is 203 Å². The molecule has 7 aromatic carbocycles. The zero-order valence-corrected chi connectivity index (χ0v) is 30.8. The van der Waals surface area contributed by atoms with Gasteiger partial charge in [-0.25, -0.2) is 9.97 Å². The molecule has 56 heavy (non-hydrogen) atoms. The summed E-state index contributed by atoms with van der Waals surface area (Å²) in [6.07, 6.45) is 1.92. The lowest BCUT2D eigenvalue weighted by molar-refractivity contribution is 0.967. The first-order valence-corrected chi connectivity index (χ1v) is 19.0. The Labute approximate surface area is 323 Å². The second-order valence-electron chi connectivity index (χ2n) is 14.3. The first kappa shape index (κ1) is 32.0. The van der Waals surface area contributed by atoms with E-state index in [0.29, 0.717) is 5.95 Å². The van der Waals surface area contributed by atoms with Crippen LogP contribution >= 0.6 is 0 Å². The van der Waals surface area contributed by atoms with Crippen LogP contribution in [0.25, 0.3) is 100 Å². The van der Waals surface area contributed by atoms with Gasteiger partial charge in [0.1, 0.15) is 11.2 Å². The SMILES string of the molecule is C=Cc1c(C)c2ccccc2n1-c1nc(-c2ccc3c(c2)c2ccccc2n3-c2cccc(-c3ccccc3)c2)c2c(n1)c1ccccc1n2-c1ccccc1. The summed E-state index contributed by atoms with van der Waals surface area (Å²) in [4.78, 5) is 11.0. The summed E-state index contributed by atoms with van der Waals surface area (Å²) in [6.45, 7) is 6.39. The zero-order valence-electron chi connectivity index (χ0n) is 30.8. The van der Waals surface area contributed by atoms with Crippen molar-refractivity contribution in [3.8, 4) is 39.7 Å². The molecule has 0 N–H and O–H groups in total. The molecule has 0 saturated heterocycles. The minimum atomic E-state index is 0.614. The maximum Gasteiger partial charge on any atom is 0.235 e. The van der Waals surface area contributed by atoms with Crippen LogP contribution in [0, 0.1) is 6.92 Å². The van der Waals surface area contributed by atoms with Crippen LogP contribution in [-0.2, 0) is 0 Å². The van der Waals surface area contributed by atoms with E-state index in [4.69, 9.17) is 9.97 Å². The van der Waals surface area contributed by atoms with Gasteiger partial charge in [-0.05, 0) is 84.3 Å². The highest BCUT2D eigenvalue weighted by molar-refractivity contribution is 6.14. The van der Waals surface area contributed by atoms with Crippen molar-refractivity contribution in [1.29, 1.82) is 0 Å².